The number of nitrogens with zero attached hydrogens (tertiary/aromatic N) is 3. The molecule has 2 atom stereocenters. The van der Waals surface area contributed by atoms with Gasteiger partial charge >= 0.3 is 0 Å². The Labute approximate surface area is 193 Å². The molecule has 3 aliphatic rings. The van der Waals surface area contributed by atoms with Crippen LogP contribution in [0.5, 0.6) is 0 Å². The second-order valence-corrected chi connectivity index (χ2v) is 9.22. The Bertz CT molecular complexity index is 1020. The Morgan fingerprint density at radius 1 is 1.00 bits per heavy atom. The van der Waals surface area contributed by atoms with E-state index in [0.717, 1.165) is 24.0 Å². The highest BCUT2D eigenvalue weighted by molar-refractivity contribution is 5.96. The Hall–Kier alpha value is -3.13. The standard InChI is InChI=1S/C25H30N4O4/c1-17(23(30)26-20-8-9-20)27-10-12-28(13-11-27)24(31)21-15-18-5-2-3-6-19(18)16-29(21)25(32)22-7-4-14-33-22/h2-7,14,17,20-21H,8-13,15-16H2,1H3,(H,26,30). The second kappa shape index (κ2) is 9.02. The number of carbonyl (C=O) groups is 3. The zero-order valence-electron chi connectivity index (χ0n) is 18.9. The summed E-state index contributed by atoms with van der Waals surface area (Å²) in [5.74, 6) is -0.000105. The summed E-state index contributed by atoms with van der Waals surface area (Å²) in [5, 5.41) is 3.06. The maximum absolute atomic E-state index is 13.6. The van der Waals surface area contributed by atoms with Crippen LogP contribution in [-0.2, 0) is 22.6 Å². The number of fused-ring (bicyclic) bond motifs is 1. The normalized spacial score (nSPS) is 21.9. The van der Waals surface area contributed by atoms with Crippen LogP contribution in [0.15, 0.2) is 47.1 Å². The van der Waals surface area contributed by atoms with Crippen LogP contribution in [0.4, 0.5) is 0 Å². The molecular formula is C25H30N4O4. The number of piperazine rings is 1. The van der Waals surface area contributed by atoms with E-state index in [0.29, 0.717) is 45.2 Å². The van der Waals surface area contributed by atoms with Crippen LogP contribution in [0.2, 0.25) is 0 Å². The molecule has 1 saturated heterocycles. The van der Waals surface area contributed by atoms with Gasteiger partial charge in [-0.15, -0.1) is 0 Å². The van der Waals surface area contributed by atoms with Gasteiger partial charge in [-0.05, 0) is 43.0 Å². The number of nitrogens with one attached hydrogen (secondary N) is 1. The number of rotatable bonds is 5. The second-order valence-electron chi connectivity index (χ2n) is 9.22. The highest BCUT2D eigenvalue weighted by Crippen LogP contribution is 2.27. The van der Waals surface area contributed by atoms with Gasteiger partial charge < -0.3 is 19.5 Å². The number of hydrogen-bond donors (Lipinski definition) is 1. The first-order valence-electron chi connectivity index (χ1n) is 11.8. The van der Waals surface area contributed by atoms with Gasteiger partial charge in [0.25, 0.3) is 5.91 Å². The molecule has 5 rings (SSSR count). The van der Waals surface area contributed by atoms with Crippen molar-refractivity contribution in [1.82, 2.24) is 20.0 Å². The summed E-state index contributed by atoms with van der Waals surface area (Å²) >= 11 is 0. The third kappa shape index (κ3) is 4.53. The molecule has 0 bridgehead atoms. The van der Waals surface area contributed by atoms with Crippen molar-refractivity contribution in [2.24, 2.45) is 0 Å². The highest BCUT2D eigenvalue weighted by Gasteiger charge is 2.39. The van der Waals surface area contributed by atoms with Gasteiger partial charge in [-0.1, -0.05) is 24.3 Å². The molecule has 1 saturated carbocycles. The van der Waals surface area contributed by atoms with Gasteiger partial charge in [-0.25, -0.2) is 0 Å². The minimum atomic E-state index is -0.570. The Morgan fingerprint density at radius 3 is 2.39 bits per heavy atom. The Kier molecular flexibility index (Phi) is 5.93. The maximum Gasteiger partial charge on any atom is 0.290 e. The minimum Gasteiger partial charge on any atom is -0.459 e. The molecule has 174 valence electrons. The smallest absolute Gasteiger partial charge is 0.290 e. The number of benzene rings is 1. The fraction of sp³-hybridized carbons (Fsp3) is 0.480. The topological polar surface area (TPSA) is 86.1 Å². The summed E-state index contributed by atoms with van der Waals surface area (Å²) in [6, 6.07) is 10.8. The van der Waals surface area contributed by atoms with Crippen LogP contribution in [0.3, 0.4) is 0 Å². The molecule has 1 aromatic heterocycles. The molecule has 3 heterocycles. The van der Waals surface area contributed by atoms with Crippen LogP contribution in [0.25, 0.3) is 0 Å². The lowest BCUT2D eigenvalue weighted by Gasteiger charge is -2.42. The number of amides is 3. The maximum atomic E-state index is 13.6. The third-order valence-corrected chi connectivity index (χ3v) is 7.00. The van der Waals surface area contributed by atoms with E-state index in [4.69, 9.17) is 4.42 Å². The van der Waals surface area contributed by atoms with Crippen molar-refractivity contribution in [3.8, 4) is 0 Å². The molecule has 8 nitrogen and oxygen atoms in total. The van der Waals surface area contributed by atoms with Crippen molar-refractivity contribution in [2.75, 3.05) is 26.2 Å². The first-order chi connectivity index (χ1) is 16.0. The van der Waals surface area contributed by atoms with Gasteiger partial charge in [0.1, 0.15) is 6.04 Å². The molecule has 2 aliphatic heterocycles. The molecule has 1 N–H and O–H groups in total. The lowest BCUT2D eigenvalue weighted by atomic mass is 9.92. The van der Waals surface area contributed by atoms with E-state index in [1.54, 1.807) is 17.0 Å². The highest BCUT2D eigenvalue weighted by atomic mass is 16.3. The van der Waals surface area contributed by atoms with Gasteiger partial charge in [0, 0.05) is 45.2 Å². The predicted octanol–water partition coefficient (Wildman–Crippen LogP) is 1.66. The van der Waals surface area contributed by atoms with Crippen LogP contribution < -0.4 is 5.32 Å². The molecule has 8 heteroatoms. The molecule has 1 aromatic carbocycles. The zero-order valence-corrected chi connectivity index (χ0v) is 18.9. The van der Waals surface area contributed by atoms with E-state index < -0.39 is 6.04 Å². The van der Waals surface area contributed by atoms with E-state index in [-0.39, 0.29) is 29.5 Å². The van der Waals surface area contributed by atoms with Crippen molar-refractivity contribution >= 4 is 17.7 Å². The first-order valence-corrected chi connectivity index (χ1v) is 11.8. The minimum absolute atomic E-state index is 0.0425. The fourth-order valence-electron chi connectivity index (χ4n) is 4.75. The predicted molar refractivity (Wildman–Crippen MR) is 121 cm³/mol. The summed E-state index contributed by atoms with van der Waals surface area (Å²) in [5.41, 5.74) is 2.16. The van der Waals surface area contributed by atoms with E-state index in [2.05, 4.69) is 10.2 Å². The molecule has 33 heavy (non-hydrogen) atoms. The number of carbonyl (C=O) groups excluding carboxylic acids is 3. The molecule has 0 spiro atoms. The van der Waals surface area contributed by atoms with Gasteiger partial charge in [0.05, 0.1) is 12.3 Å². The van der Waals surface area contributed by atoms with E-state index in [1.807, 2.05) is 36.1 Å². The quantitative estimate of drug-likeness (QED) is 0.749. The summed E-state index contributed by atoms with van der Waals surface area (Å²) in [4.78, 5) is 44.8. The van der Waals surface area contributed by atoms with Gasteiger partial charge in [0.2, 0.25) is 11.8 Å². The van der Waals surface area contributed by atoms with Crippen molar-refractivity contribution in [3.05, 3.63) is 59.5 Å². The summed E-state index contributed by atoms with van der Waals surface area (Å²) in [7, 11) is 0. The van der Waals surface area contributed by atoms with Crippen LogP contribution in [0, 0.1) is 0 Å². The first kappa shape index (κ1) is 21.7. The molecule has 2 aromatic rings. The molecule has 1 aliphatic carbocycles. The number of hydrogen-bond acceptors (Lipinski definition) is 5. The SMILES string of the molecule is CC(C(=O)NC1CC1)N1CCN(C(=O)C2Cc3ccccc3CN2C(=O)c2ccco2)CC1. The summed E-state index contributed by atoms with van der Waals surface area (Å²) in [6.45, 7) is 4.67. The largest absolute Gasteiger partial charge is 0.459 e. The van der Waals surface area contributed by atoms with Crippen LogP contribution >= 0.6 is 0 Å². The van der Waals surface area contributed by atoms with Crippen molar-refractivity contribution in [1.29, 1.82) is 0 Å². The van der Waals surface area contributed by atoms with Crippen molar-refractivity contribution in [2.45, 2.75) is 50.9 Å². The molecular weight excluding hydrogens is 420 g/mol. The van der Waals surface area contributed by atoms with Crippen molar-refractivity contribution < 1.29 is 18.8 Å². The average Bonchev–Trinajstić information content (AvgIpc) is 3.49. The van der Waals surface area contributed by atoms with Gasteiger partial charge in [-0.2, -0.15) is 0 Å². The molecule has 2 fully saturated rings. The average molecular weight is 451 g/mol. The molecule has 3 amide bonds. The lowest BCUT2D eigenvalue weighted by Crippen LogP contribution is -2.59. The third-order valence-electron chi connectivity index (χ3n) is 7.00. The Morgan fingerprint density at radius 2 is 1.73 bits per heavy atom. The molecule has 2 unspecified atom stereocenters. The van der Waals surface area contributed by atoms with E-state index >= 15 is 0 Å². The van der Waals surface area contributed by atoms with Crippen LogP contribution in [0.1, 0.15) is 41.4 Å². The fourth-order valence-corrected chi connectivity index (χ4v) is 4.75. The lowest BCUT2D eigenvalue weighted by molar-refractivity contribution is -0.139. The van der Waals surface area contributed by atoms with Gasteiger partial charge in [0.15, 0.2) is 5.76 Å². The van der Waals surface area contributed by atoms with E-state index in [1.165, 1.54) is 6.26 Å². The van der Waals surface area contributed by atoms with E-state index in [9.17, 15) is 14.4 Å². The zero-order chi connectivity index (χ0) is 22.9. The summed E-state index contributed by atoms with van der Waals surface area (Å²) in [6.07, 6.45) is 4.10. The van der Waals surface area contributed by atoms with Crippen molar-refractivity contribution in [3.63, 3.8) is 0 Å². The Balaban J connectivity index is 1.28. The summed E-state index contributed by atoms with van der Waals surface area (Å²) < 4.78 is 5.34. The monoisotopic (exact) mass is 450 g/mol. The van der Waals surface area contributed by atoms with Crippen LogP contribution in [-0.4, -0.2) is 76.7 Å². The van der Waals surface area contributed by atoms with Gasteiger partial charge in [-0.3, -0.25) is 19.3 Å². The molecule has 0 radical (unpaired) electrons. The number of furan rings is 1.